The van der Waals surface area contributed by atoms with Crippen LogP contribution in [0.3, 0.4) is 0 Å². The van der Waals surface area contributed by atoms with Gasteiger partial charge in [-0.1, -0.05) is 11.8 Å². The molecule has 108 valence electrons. The third-order valence-electron chi connectivity index (χ3n) is 2.71. The van der Waals surface area contributed by atoms with Crippen molar-refractivity contribution in [1.82, 2.24) is 10.3 Å². The van der Waals surface area contributed by atoms with Crippen molar-refractivity contribution in [3.05, 3.63) is 55.6 Å². The van der Waals surface area contributed by atoms with Crippen molar-refractivity contribution in [1.29, 1.82) is 0 Å². The zero-order valence-corrected chi connectivity index (χ0v) is 12.3. The summed E-state index contributed by atoms with van der Waals surface area (Å²) in [5.41, 5.74) is 6.73. The van der Waals surface area contributed by atoms with E-state index >= 15 is 0 Å². The van der Waals surface area contributed by atoms with E-state index in [0.717, 1.165) is 16.1 Å². The van der Waals surface area contributed by atoms with Crippen LogP contribution < -0.4 is 16.5 Å². The van der Waals surface area contributed by atoms with Gasteiger partial charge in [0.05, 0.1) is 13.1 Å². The standard InChI is InChI=1S/C15H15N3O2S/c1-10-5-14(19)13(8-17-10)15(20)18-7-12-6-11(9-21-12)3-2-4-16/h5-6,8-9H,4,7,16H2,1H3,(H,17,19)(H,18,20). The highest BCUT2D eigenvalue weighted by molar-refractivity contribution is 7.10. The number of H-pyrrole nitrogens is 1. The number of amides is 1. The van der Waals surface area contributed by atoms with Crippen molar-refractivity contribution in [2.75, 3.05) is 6.54 Å². The molecule has 0 saturated heterocycles. The Hall–Kier alpha value is -2.36. The molecule has 21 heavy (non-hydrogen) atoms. The molecule has 0 aliphatic heterocycles. The molecule has 6 heteroatoms. The van der Waals surface area contributed by atoms with Gasteiger partial charge in [0.25, 0.3) is 5.91 Å². The van der Waals surface area contributed by atoms with Gasteiger partial charge in [0.15, 0.2) is 5.43 Å². The fraction of sp³-hybridized carbons (Fsp3) is 0.200. The first-order valence-corrected chi connectivity index (χ1v) is 7.22. The van der Waals surface area contributed by atoms with Crippen molar-refractivity contribution in [3.63, 3.8) is 0 Å². The van der Waals surface area contributed by atoms with E-state index in [2.05, 4.69) is 22.1 Å². The zero-order valence-electron chi connectivity index (χ0n) is 11.5. The number of carbonyl (C=O) groups excluding carboxylic acids is 1. The number of aromatic amines is 1. The molecule has 0 radical (unpaired) electrons. The molecule has 0 aliphatic rings. The molecule has 2 rings (SSSR count). The third-order valence-corrected chi connectivity index (χ3v) is 3.65. The molecule has 0 saturated carbocycles. The first-order valence-electron chi connectivity index (χ1n) is 6.34. The number of rotatable bonds is 3. The van der Waals surface area contributed by atoms with Gasteiger partial charge in [0, 0.05) is 33.8 Å². The molecule has 0 fully saturated rings. The number of aromatic nitrogens is 1. The summed E-state index contributed by atoms with van der Waals surface area (Å²) in [6, 6.07) is 3.30. The van der Waals surface area contributed by atoms with Crippen LogP contribution in [-0.4, -0.2) is 17.4 Å². The lowest BCUT2D eigenvalue weighted by Crippen LogP contribution is -2.28. The number of carbonyl (C=O) groups is 1. The average Bonchev–Trinajstić information content (AvgIpc) is 2.90. The van der Waals surface area contributed by atoms with Crippen LogP contribution in [0.4, 0.5) is 0 Å². The Morgan fingerprint density at radius 3 is 3.00 bits per heavy atom. The second kappa shape index (κ2) is 6.88. The van der Waals surface area contributed by atoms with Crippen molar-refractivity contribution >= 4 is 17.2 Å². The summed E-state index contributed by atoms with van der Waals surface area (Å²) in [7, 11) is 0. The van der Waals surface area contributed by atoms with Gasteiger partial charge in [-0.2, -0.15) is 0 Å². The Morgan fingerprint density at radius 2 is 2.29 bits per heavy atom. The van der Waals surface area contributed by atoms with E-state index in [0.29, 0.717) is 13.1 Å². The number of hydrogen-bond donors (Lipinski definition) is 3. The summed E-state index contributed by atoms with van der Waals surface area (Å²) < 4.78 is 0. The van der Waals surface area contributed by atoms with E-state index in [9.17, 15) is 9.59 Å². The van der Waals surface area contributed by atoms with E-state index in [1.807, 2.05) is 11.4 Å². The molecule has 0 aliphatic carbocycles. The molecule has 0 spiro atoms. The van der Waals surface area contributed by atoms with Gasteiger partial charge in [0.2, 0.25) is 0 Å². The Morgan fingerprint density at radius 1 is 1.48 bits per heavy atom. The van der Waals surface area contributed by atoms with Crippen LogP contribution in [0.15, 0.2) is 28.5 Å². The van der Waals surface area contributed by atoms with E-state index in [-0.39, 0.29) is 16.9 Å². The lowest BCUT2D eigenvalue weighted by molar-refractivity contribution is 0.0950. The molecular formula is C15H15N3O2S. The van der Waals surface area contributed by atoms with Gasteiger partial charge in [-0.05, 0) is 13.0 Å². The van der Waals surface area contributed by atoms with Gasteiger partial charge in [-0.3, -0.25) is 9.59 Å². The van der Waals surface area contributed by atoms with E-state index in [4.69, 9.17) is 5.73 Å². The summed E-state index contributed by atoms with van der Waals surface area (Å²) in [4.78, 5) is 27.5. The van der Waals surface area contributed by atoms with Crippen molar-refractivity contribution < 1.29 is 4.79 Å². The van der Waals surface area contributed by atoms with Gasteiger partial charge < -0.3 is 16.0 Å². The van der Waals surface area contributed by atoms with Crippen LogP contribution in [0.1, 0.15) is 26.5 Å². The first kappa shape index (κ1) is 15.0. The maximum Gasteiger partial charge on any atom is 0.257 e. The molecule has 0 atom stereocenters. The maximum atomic E-state index is 12.0. The predicted molar refractivity (Wildman–Crippen MR) is 83.2 cm³/mol. The molecule has 5 nitrogen and oxygen atoms in total. The van der Waals surface area contributed by atoms with Crippen LogP contribution in [0.2, 0.25) is 0 Å². The predicted octanol–water partition coefficient (Wildman–Crippen LogP) is 0.985. The van der Waals surface area contributed by atoms with E-state index in [1.54, 1.807) is 6.92 Å². The van der Waals surface area contributed by atoms with Crippen LogP contribution in [-0.2, 0) is 6.54 Å². The van der Waals surface area contributed by atoms with E-state index in [1.165, 1.54) is 23.6 Å². The molecule has 0 bridgehead atoms. The Balaban J connectivity index is 2.01. The molecule has 2 heterocycles. The molecular weight excluding hydrogens is 286 g/mol. The normalized spacial score (nSPS) is 9.81. The minimum Gasteiger partial charge on any atom is -0.364 e. The van der Waals surface area contributed by atoms with Crippen LogP contribution in [0.25, 0.3) is 0 Å². The molecule has 2 aromatic heterocycles. The monoisotopic (exact) mass is 301 g/mol. The second-order valence-electron chi connectivity index (χ2n) is 4.38. The maximum absolute atomic E-state index is 12.0. The summed E-state index contributed by atoms with van der Waals surface area (Å²) in [5.74, 6) is 5.31. The molecule has 4 N–H and O–H groups in total. The number of hydrogen-bond acceptors (Lipinski definition) is 4. The lowest BCUT2D eigenvalue weighted by Gasteiger charge is -2.03. The summed E-state index contributed by atoms with van der Waals surface area (Å²) in [5, 5.41) is 4.63. The van der Waals surface area contributed by atoms with Crippen LogP contribution >= 0.6 is 11.3 Å². The lowest BCUT2D eigenvalue weighted by atomic mass is 10.2. The molecule has 0 aromatic carbocycles. The smallest absolute Gasteiger partial charge is 0.257 e. The van der Waals surface area contributed by atoms with Gasteiger partial charge in [-0.15, -0.1) is 11.3 Å². The van der Waals surface area contributed by atoms with Crippen molar-refractivity contribution in [2.45, 2.75) is 13.5 Å². The fourth-order valence-electron chi connectivity index (χ4n) is 1.71. The minimum absolute atomic E-state index is 0.111. The second-order valence-corrected chi connectivity index (χ2v) is 5.38. The van der Waals surface area contributed by atoms with Gasteiger partial charge >= 0.3 is 0 Å². The average molecular weight is 301 g/mol. The number of nitrogens with one attached hydrogen (secondary N) is 2. The number of pyridine rings is 1. The van der Waals surface area contributed by atoms with Crippen LogP contribution in [0, 0.1) is 18.8 Å². The quantitative estimate of drug-likeness (QED) is 0.739. The van der Waals surface area contributed by atoms with Crippen molar-refractivity contribution in [3.8, 4) is 11.8 Å². The van der Waals surface area contributed by atoms with Gasteiger partial charge in [-0.25, -0.2) is 0 Å². The fourth-order valence-corrected chi connectivity index (χ4v) is 2.46. The van der Waals surface area contributed by atoms with Crippen molar-refractivity contribution in [2.24, 2.45) is 5.73 Å². The Bertz CT molecular complexity index is 765. The highest BCUT2D eigenvalue weighted by Gasteiger charge is 2.10. The SMILES string of the molecule is Cc1cc(=O)c(C(=O)NCc2cc(C#CCN)cs2)c[nH]1. The van der Waals surface area contributed by atoms with Crippen LogP contribution in [0.5, 0.6) is 0 Å². The summed E-state index contributed by atoms with van der Waals surface area (Å²) in [6.07, 6.45) is 1.43. The molecule has 1 amide bonds. The minimum atomic E-state index is -0.390. The zero-order chi connectivity index (χ0) is 15.2. The van der Waals surface area contributed by atoms with Gasteiger partial charge in [0.1, 0.15) is 5.56 Å². The highest BCUT2D eigenvalue weighted by atomic mass is 32.1. The third kappa shape index (κ3) is 4.05. The molecule has 2 aromatic rings. The van der Waals surface area contributed by atoms with E-state index < -0.39 is 0 Å². The highest BCUT2D eigenvalue weighted by Crippen LogP contribution is 2.13. The number of thiophene rings is 1. The summed E-state index contributed by atoms with van der Waals surface area (Å²) in [6.45, 7) is 2.44. The number of aryl methyl sites for hydroxylation is 1. The topological polar surface area (TPSA) is 88.0 Å². The largest absolute Gasteiger partial charge is 0.364 e. The first-order chi connectivity index (χ1) is 10.1. The summed E-state index contributed by atoms with van der Waals surface area (Å²) >= 11 is 1.50. The Kier molecular flexibility index (Phi) is 4.93. The number of nitrogens with two attached hydrogens (primary N) is 1. The molecule has 0 unspecified atom stereocenters. The Labute approximate surface area is 126 Å².